The molecule has 0 heterocycles. The highest BCUT2D eigenvalue weighted by atomic mass is 16.5. The van der Waals surface area contributed by atoms with Gasteiger partial charge in [0, 0.05) is 70.4 Å². The molecule has 2 aromatic rings. The molecule has 96 heavy (non-hydrogen) atoms. The molecule has 0 unspecified atom stereocenters. The van der Waals surface area contributed by atoms with Gasteiger partial charge in [-0.05, 0) is 70.9 Å². The lowest BCUT2D eigenvalue weighted by Gasteiger charge is -2.37. The van der Waals surface area contributed by atoms with E-state index in [1.165, 1.54) is 6.92 Å². The summed E-state index contributed by atoms with van der Waals surface area (Å²) in [7, 11) is 0. The monoisotopic (exact) mass is 1360 g/mol. The molecule has 2 aromatic carbocycles. The zero-order valence-electron chi connectivity index (χ0n) is 55.7. The lowest BCUT2D eigenvalue weighted by Crippen LogP contribution is -2.52. The number of ether oxygens (including phenoxy) is 6. The molecule has 1 saturated carbocycles. The summed E-state index contributed by atoms with van der Waals surface area (Å²) in [5.74, 6) is -6.79. The summed E-state index contributed by atoms with van der Waals surface area (Å²) in [6, 6.07) is 15.7. The maximum atomic E-state index is 13.0. The molecule has 1 aliphatic carbocycles. The summed E-state index contributed by atoms with van der Waals surface area (Å²) < 4.78 is 33.7. The first-order chi connectivity index (χ1) is 46.0. The number of carbonyl (C=O) groups excluding carboxylic acids is 12. The summed E-state index contributed by atoms with van der Waals surface area (Å²) in [6.45, 7) is 7.43. The minimum atomic E-state index is -1.12. The zero-order valence-corrected chi connectivity index (χ0v) is 55.7. The van der Waals surface area contributed by atoms with Crippen LogP contribution in [0.5, 0.6) is 0 Å². The van der Waals surface area contributed by atoms with Crippen LogP contribution in [0.25, 0.3) is 0 Å². The van der Waals surface area contributed by atoms with E-state index in [0.29, 0.717) is 51.3 Å². The molecule has 32 heteroatoms. The van der Waals surface area contributed by atoms with Crippen molar-refractivity contribution < 1.29 is 91.1 Å². The molecule has 3 rings (SSSR count). The van der Waals surface area contributed by atoms with Crippen molar-refractivity contribution in [1.82, 2.24) is 63.4 Å². The Morgan fingerprint density at radius 1 is 0.510 bits per heavy atom. The number of carbonyl (C=O) groups is 12. The van der Waals surface area contributed by atoms with E-state index in [-0.39, 0.29) is 103 Å². The maximum Gasteiger partial charge on any atom is 0.243 e. The van der Waals surface area contributed by atoms with Crippen LogP contribution < -0.4 is 64.2 Å². The van der Waals surface area contributed by atoms with Gasteiger partial charge in [0.2, 0.25) is 70.9 Å². The minimum absolute atomic E-state index is 0.000414. The molecule has 14 N–H and O–H groups in total. The Morgan fingerprint density at radius 3 is 1.38 bits per heavy atom. The number of benzene rings is 2. The Morgan fingerprint density at radius 2 is 0.927 bits per heavy atom. The predicted molar refractivity (Wildman–Crippen MR) is 348 cm³/mol. The first kappa shape index (κ1) is 82.0. The van der Waals surface area contributed by atoms with Crippen molar-refractivity contribution in [2.75, 3.05) is 132 Å². The van der Waals surface area contributed by atoms with Crippen molar-refractivity contribution in [3.8, 4) is 0 Å². The Labute approximate surface area is 560 Å². The Balaban J connectivity index is 1.35. The molecule has 0 radical (unpaired) electrons. The Hall–Kier alpha value is -8.24. The van der Waals surface area contributed by atoms with Crippen molar-refractivity contribution in [2.45, 2.75) is 128 Å². The van der Waals surface area contributed by atoms with Crippen LogP contribution in [0.15, 0.2) is 60.7 Å². The minimum Gasteiger partial charge on any atom is -0.392 e. The van der Waals surface area contributed by atoms with E-state index >= 15 is 0 Å². The van der Waals surface area contributed by atoms with Crippen LogP contribution >= 0.6 is 0 Å². The summed E-state index contributed by atoms with van der Waals surface area (Å²) in [5, 5.41) is 37.2. The van der Waals surface area contributed by atoms with Crippen LogP contribution in [0.4, 0.5) is 0 Å². The van der Waals surface area contributed by atoms with Gasteiger partial charge in [-0.2, -0.15) is 0 Å². The van der Waals surface area contributed by atoms with Gasteiger partial charge in [0.1, 0.15) is 25.4 Å². The first-order valence-electron chi connectivity index (χ1n) is 32.3. The average molecular weight is 1360 g/mol. The lowest BCUT2D eigenvalue weighted by molar-refractivity contribution is -0.131. The van der Waals surface area contributed by atoms with E-state index in [9.17, 15) is 62.6 Å². The van der Waals surface area contributed by atoms with Crippen molar-refractivity contribution in [2.24, 2.45) is 5.73 Å². The van der Waals surface area contributed by atoms with Gasteiger partial charge in [0.05, 0.1) is 104 Å². The normalized spacial score (nSPS) is 14.5. The number of nitrogens with two attached hydrogens (primary N) is 1. The van der Waals surface area contributed by atoms with Crippen molar-refractivity contribution >= 4 is 70.9 Å². The van der Waals surface area contributed by atoms with Gasteiger partial charge in [0.15, 0.2) is 0 Å². The van der Waals surface area contributed by atoms with Gasteiger partial charge in [0.25, 0.3) is 0 Å². The predicted octanol–water partition coefficient (Wildman–Crippen LogP) is -3.62. The highest BCUT2D eigenvalue weighted by Gasteiger charge is 2.29. The van der Waals surface area contributed by atoms with Crippen LogP contribution in [-0.4, -0.2) is 248 Å². The number of nitrogens with zero attached hydrogens (tertiary/aromatic N) is 1. The maximum absolute atomic E-state index is 13.0. The molecular weight excluding hydrogens is 1250 g/mol. The van der Waals surface area contributed by atoms with E-state index in [1.807, 2.05) is 20.8 Å². The molecule has 32 nitrogen and oxygen atoms in total. The third-order valence-electron chi connectivity index (χ3n) is 14.5. The third kappa shape index (κ3) is 40.2. The van der Waals surface area contributed by atoms with Crippen molar-refractivity contribution in [3.05, 3.63) is 71.8 Å². The first-order valence-corrected chi connectivity index (χ1v) is 32.3. The number of aliphatic hydroxyl groups is 1. The summed E-state index contributed by atoms with van der Waals surface area (Å²) in [4.78, 5) is 152. The largest absolute Gasteiger partial charge is 0.392 e. The van der Waals surface area contributed by atoms with Gasteiger partial charge in [-0.15, -0.1) is 0 Å². The van der Waals surface area contributed by atoms with E-state index in [0.717, 1.165) is 31.2 Å². The van der Waals surface area contributed by atoms with Crippen LogP contribution in [0.2, 0.25) is 0 Å². The van der Waals surface area contributed by atoms with Gasteiger partial charge in [-0.1, -0.05) is 60.7 Å². The molecule has 3 atom stereocenters. The van der Waals surface area contributed by atoms with Crippen molar-refractivity contribution in [3.63, 3.8) is 0 Å². The van der Waals surface area contributed by atoms with E-state index < -0.39 is 128 Å². The Bertz CT molecular complexity index is 2710. The second-order valence-corrected chi connectivity index (χ2v) is 23.1. The van der Waals surface area contributed by atoms with E-state index in [2.05, 4.69) is 63.4 Å². The lowest BCUT2D eigenvalue weighted by atomic mass is 9.89. The highest BCUT2D eigenvalue weighted by molar-refractivity contribution is 5.94. The number of primary amides is 1. The molecule has 0 saturated heterocycles. The highest BCUT2D eigenvalue weighted by Crippen LogP contribution is 2.24. The molecule has 1 aliphatic rings. The molecule has 1 fully saturated rings. The van der Waals surface area contributed by atoms with Gasteiger partial charge in [-0.25, -0.2) is 0 Å². The van der Waals surface area contributed by atoms with E-state index in [1.54, 1.807) is 60.7 Å². The number of hydrogen-bond acceptors (Lipinski definition) is 20. The second-order valence-electron chi connectivity index (χ2n) is 23.1. The molecular formula is C64H101N13O19. The molecule has 536 valence electrons. The number of rotatable bonds is 51. The smallest absolute Gasteiger partial charge is 0.243 e. The van der Waals surface area contributed by atoms with E-state index in [4.69, 9.17) is 34.2 Å². The second kappa shape index (κ2) is 48.5. The number of amides is 12. The Kier molecular flexibility index (Phi) is 41.4. The van der Waals surface area contributed by atoms with Gasteiger partial charge < -0.3 is 97.7 Å². The van der Waals surface area contributed by atoms with Gasteiger partial charge in [-0.3, -0.25) is 62.4 Å². The topological polar surface area (TPSA) is 442 Å². The summed E-state index contributed by atoms with van der Waals surface area (Å²) >= 11 is 0. The quantitative estimate of drug-likeness (QED) is 0.0225. The van der Waals surface area contributed by atoms with Crippen LogP contribution in [-0.2, 0) is 98.8 Å². The molecule has 12 amide bonds. The number of nitrogens with one attached hydrogen (secondary N) is 11. The standard InChI is InChI=1S/C64H101N13O19/c1-5-96-64(3,4)23-20-55(82)74-48-16-18-49(19-17-48)77(24-28-93-32-30-91-26-21-53(80)67-37-56(83)69-41-60(87)75-50(34-46-12-8-6-9-13-46)62(89)71-39-58(85)66-36-45(2)78)25-29-94-33-31-92-27-22-54(81)68-38-57(84)70-42-61(88)76-51(35-47-14-10-7-11-15-47)63(90)72-40-59(86)73-44-95-43-52(65)79/h6-15,45,48-51,78H,5,16-44H2,1-4H3,(H2,65,79)(H,66,85)(H,67,80)(H,68,81)(H,69,83)(H,70,84)(H,71,89)(H,72,90)(H,73,86)(H,74,82)(H,75,87)(H,76,88)/t45-,48?,49?,50-,51-/m0/s1. The fourth-order valence-electron chi connectivity index (χ4n) is 9.45. The van der Waals surface area contributed by atoms with Crippen LogP contribution in [0, 0.1) is 0 Å². The molecule has 0 aromatic heterocycles. The summed E-state index contributed by atoms with van der Waals surface area (Å²) in [5.41, 5.74) is 6.05. The average Bonchev–Trinajstić information content (AvgIpc) is 1.08. The van der Waals surface area contributed by atoms with Crippen molar-refractivity contribution in [1.29, 1.82) is 0 Å². The number of aliphatic hydroxyl groups excluding tert-OH is 1. The van der Waals surface area contributed by atoms with Gasteiger partial charge >= 0.3 is 0 Å². The molecule has 0 bridgehead atoms. The fraction of sp³-hybridized carbons (Fsp3) is 0.625. The summed E-state index contributed by atoms with van der Waals surface area (Å²) in [6.07, 6.45) is 3.55. The molecule has 0 spiro atoms. The van der Waals surface area contributed by atoms with Crippen LogP contribution in [0.1, 0.15) is 90.2 Å². The SMILES string of the molecule is CCOC(C)(C)CCC(=O)NC1CCC(N(CCOCCOCCC(=O)NCC(=O)NCC(=O)N[C@@H](Cc2ccccc2)C(=O)NCC(=O)NCOCC(N)=O)CCOCCOCCC(=O)NCC(=O)NCC(=O)N[C@@H](Cc2ccccc2)C(=O)NCC(=O)NC[C@H](C)O)CC1. The molecule has 0 aliphatic heterocycles. The third-order valence-corrected chi connectivity index (χ3v) is 14.5. The fourth-order valence-corrected chi connectivity index (χ4v) is 9.45. The number of hydrogen-bond donors (Lipinski definition) is 13. The zero-order chi connectivity index (χ0) is 70.4. The van der Waals surface area contributed by atoms with Crippen LogP contribution in [0.3, 0.4) is 0 Å².